The van der Waals surface area contributed by atoms with Crippen LogP contribution in [0.2, 0.25) is 0 Å². The smallest absolute Gasteiger partial charge is 0.225 e. The molecule has 7 heteroatoms. The Kier molecular flexibility index (Phi) is 10.7. The Morgan fingerprint density at radius 1 is 1.33 bits per heavy atom. The Balaban J connectivity index is 0.00000364. The number of amides is 1. The third-order valence-corrected chi connectivity index (χ3v) is 4.58. The molecule has 0 radical (unpaired) electrons. The normalized spacial score (nSPS) is 17.0. The molecule has 0 saturated carbocycles. The lowest BCUT2D eigenvalue weighted by Gasteiger charge is -2.20. The van der Waals surface area contributed by atoms with Gasteiger partial charge in [-0.1, -0.05) is 38.1 Å². The van der Waals surface area contributed by atoms with E-state index in [1.54, 1.807) is 7.05 Å². The standard InChI is InChI=1S/C20H32N4O2.HI/c1-5-26-14-17-9-7-6-8-16(17)12-22-20(21-4)23-18-10-11-24(13-18)19(25)15(2)3;/h6-9,15,18H,5,10-14H2,1-4H3,(H2,21,22,23);1H. The van der Waals surface area contributed by atoms with Gasteiger partial charge in [-0.2, -0.15) is 0 Å². The molecule has 1 saturated heterocycles. The minimum Gasteiger partial charge on any atom is -0.377 e. The van der Waals surface area contributed by atoms with Gasteiger partial charge in [0.05, 0.1) is 6.61 Å². The number of aliphatic imine (C=N–C) groups is 1. The molecule has 6 nitrogen and oxygen atoms in total. The van der Waals surface area contributed by atoms with Crippen molar-refractivity contribution < 1.29 is 9.53 Å². The quantitative estimate of drug-likeness (QED) is 0.352. The molecule has 2 rings (SSSR count). The van der Waals surface area contributed by atoms with Gasteiger partial charge >= 0.3 is 0 Å². The molecule has 1 atom stereocenters. The second kappa shape index (κ2) is 12.2. The van der Waals surface area contributed by atoms with E-state index in [-0.39, 0.29) is 41.8 Å². The molecule has 0 spiro atoms. The fourth-order valence-corrected chi connectivity index (χ4v) is 3.09. The van der Waals surface area contributed by atoms with Crippen molar-refractivity contribution in [2.24, 2.45) is 10.9 Å². The van der Waals surface area contributed by atoms with Gasteiger partial charge in [0.15, 0.2) is 5.96 Å². The molecule has 0 aliphatic carbocycles. The molecule has 1 heterocycles. The number of carbonyl (C=O) groups is 1. The number of ether oxygens (including phenoxy) is 1. The maximum atomic E-state index is 12.1. The van der Waals surface area contributed by atoms with Crippen molar-refractivity contribution in [3.8, 4) is 0 Å². The lowest BCUT2D eigenvalue weighted by atomic mass is 10.1. The highest BCUT2D eigenvalue weighted by Crippen LogP contribution is 2.13. The third kappa shape index (κ3) is 7.29. The molecule has 152 valence electrons. The summed E-state index contributed by atoms with van der Waals surface area (Å²) in [7, 11) is 1.77. The number of hydrogen-bond donors (Lipinski definition) is 2. The summed E-state index contributed by atoms with van der Waals surface area (Å²) in [6.45, 7) is 9.45. The summed E-state index contributed by atoms with van der Waals surface area (Å²) in [6.07, 6.45) is 0.945. The second-order valence-corrected chi connectivity index (χ2v) is 6.90. The van der Waals surface area contributed by atoms with E-state index in [4.69, 9.17) is 4.74 Å². The monoisotopic (exact) mass is 488 g/mol. The summed E-state index contributed by atoms with van der Waals surface area (Å²) in [4.78, 5) is 18.4. The van der Waals surface area contributed by atoms with E-state index in [2.05, 4.69) is 27.8 Å². The number of likely N-dealkylation sites (tertiary alicyclic amines) is 1. The van der Waals surface area contributed by atoms with Crippen molar-refractivity contribution in [1.29, 1.82) is 0 Å². The molecule has 1 aromatic carbocycles. The highest BCUT2D eigenvalue weighted by Gasteiger charge is 2.27. The van der Waals surface area contributed by atoms with Gasteiger partial charge < -0.3 is 20.3 Å². The van der Waals surface area contributed by atoms with Crippen molar-refractivity contribution in [3.63, 3.8) is 0 Å². The zero-order chi connectivity index (χ0) is 18.9. The van der Waals surface area contributed by atoms with Gasteiger partial charge in [0.1, 0.15) is 0 Å². The number of guanidine groups is 1. The van der Waals surface area contributed by atoms with E-state index in [1.807, 2.05) is 37.8 Å². The molecule has 1 aliphatic heterocycles. The third-order valence-electron chi connectivity index (χ3n) is 4.58. The number of nitrogens with zero attached hydrogens (tertiary/aromatic N) is 2. The van der Waals surface area contributed by atoms with E-state index in [9.17, 15) is 4.79 Å². The first-order valence-corrected chi connectivity index (χ1v) is 9.45. The average molecular weight is 488 g/mol. The van der Waals surface area contributed by atoms with Crippen molar-refractivity contribution in [3.05, 3.63) is 35.4 Å². The lowest BCUT2D eigenvalue weighted by Crippen LogP contribution is -2.45. The van der Waals surface area contributed by atoms with Crippen LogP contribution in [0.4, 0.5) is 0 Å². The SMILES string of the molecule is CCOCc1ccccc1CNC(=NC)NC1CCN(C(=O)C(C)C)C1.I. The van der Waals surface area contributed by atoms with E-state index in [0.717, 1.165) is 25.5 Å². The Bertz CT molecular complexity index is 622. The van der Waals surface area contributed by atoms with Crippen LogP contribution in [-0.2, 0) is 22.7 Å². The van der Waals surface area contributed by atoms with E-state index in [1.165, 1.54) is 11.1 Å². The highest BCUT2D eigenvalue weighted by atomic mass is 127. The largest absolute Gasteiger partial charge is 0.377 e. The minimum absolute atomic E-state index is 0. The van der Waals surface area contributed by atoms with E-state index >= 15 is 0 Å². The van der Waals surface area contributed by atoms with E-state index in [0.29, 0.717) is 19.8 Å². The maximum absolute atomic E-state index is 12.1. The van der Waals surface area contributed by atoms with Gasteiger partial charge in [-0.05, 0) is 24.5 Å². The van der Waals surface area contributed by atoms with Crippen LogP contribution in [0.5, 0.6) is 0 Å². The summed E-state index contributed by atoms with van der Waals surface area (Å²) in [6, 6.07) is 8.50. The molecule has 27 heavy (non-hydrogen) atoms. The predicted molar refractivity (Wildman–Crippen MR) is 120 cm³/mol. The van der Waals surface area contributed by atoms with Crippen LogP contribution in [0.15, 0.2) is 29.3 Å². The Morgan fingerprint density at radius 3 is 2.67 bits per heavy atom. The number of nitrogens with one attached hydrogen (secondary N) is 2. The van der Waals surface area contributed by atoms with Crippen molar-refractivity contribution in [2.45, 2.75) is 46.4 Å². The molecule has 1 fully saturated rings. The van der Waals surface area contributed by atoms with Gasteiger partial charge in [0.25, 0.3) is 0 Å². The van der Waals surface area contributed by atoms with Crippen molar-refractivity contribution in [1.82, 2.24) is 15.5 Å². The number of hydrogen-bond acceptors (Lipinski definition) is 3. The minimum atomic E-state index is 0. The van der Waals surface area contributed by atoms with Gasteiger partial charge in [0.2, 0.25) is 5.91 Å². The maximum Gasteiger partial charge on any atom is 0.225 e. The number of halogens is 1. The molecule has 2 N–H and O–H groups in total. The Labute approximate surface area is 180 Å². The van der Waals surface area contributed by atoms with Crippen molar-refractivity contribution >= 4 is 35.8 Å². The van der Waals surface area contributed by atoms with Crippen LogP contribution in [0.1, 0.15) is 38.3 Å². The fraction of sp³-hybridized carbons (Fsp3) is 0.600. The van der Waals surface area contributed by atoms with Crippen LogP contribution in [-0.4, -0.2) is 49.6 Å². The first kappa shape index (κ1) is 23.7. The zero-order valence-electron chi connectivity index (χ0n) is 16.8. The molecule has 1 aliphatic rings. The molecule has 1 unspecified atom stereocenters. The second-order valence-electron chi connectivity index (χ2n) is 6.90. The van der Waals surface area contributed by atoms with E-state index < -0.39 is 0 Å². The van der Waals surface area contributed by atoms with Crippen LogP contribution >= 0.6 is 24.0 Å². The zero-order valence-corrected chi connectivity index (χ0v) is 19.2. The van der Waals surface area contributed by atoms with Gasteiger partial charge in [-0.3, -0.25) is 9.79 Å². The summed E-state index contributed by atoms with van der Waals surface area (Å²) in [5.41, 5.74) is 2.39. The fourth-order valence-electron chi connectivity index (χ4n) is 3.09. The van der Waals surface area contributed by atoms with Gasteiger partial charge in [0, 0.05) is 45.2 Å². The van der Waals surface area contributed by atoms with Gasteiger partial charge in [-0.15, -0.1) is 24.0 Å². The van der Waals surface area contributed by atoms with Crippen molar-refractivity contribution in [2.75, 3.05) is 26.7 Å². The molecular formula is C20H33IN4O2. The number of benzene rings is 1. The first-order valence-electron chi connectivity index (χ1n) is 9.45. The van der Waals surface area contributed by atoms with Crippen LogP contribution in [0.25, 0.3) is 0 Å². The Morgan fingerprint density at radius 2 is 2.04 bits per heavy atom. The number of rotatable bonds is 7. The predicted octanol–water partition coefficient (Wildman–Crippen LogP) is 2.76. The topological polar surface area (TPSA) is 66.0 Å². The molecule has 1 aromatic rings. The lowest BCUT2D eigenvalue weighted by molar-refractivity contribution is -0.133. The van der Waals surface area contributed by atoms with Crippen LogP contribution in [0.3, 0.4) is 0 Å². The molecular weight excluding hydrogens is 455 g/mol. The summed E-state index contributed by atoms with van der Waals surface area (Å²) in [5.74, 6) is 1.04. The molecule has 1 amide bonds. The summed E-state index contributed by atoms with van der Waals surface area (Å²) in [5, 5.41) is 6.81. The first-order chi connectivity index (χ1) is 12.5. The molecule has 0 aromatic heterocycles. The number of carbonyl (C=O) groups excluding carboxylic acids is 1. The highest BCUT2D eigenvalue weighted by molar-refractivity contribution is 14.0. The van der Waals surface area contributed by atoms with Crippen LogP contribution in [0, 0.1) is 5.92 Å². The summed E-state index contributed by atoms with van der Waals surface area (Å²) >= 11 is 0. The summed E-state index contributed by atoms with van der Waals surface area (Å²) < 4.78 is 5.54. The van der Waals surface area contributed by atoms with Gasteiger partial charge in [-0.25, -0.2) is 0 Å². The van der Waals surface area contributed by atoms with Crippen LogP contribution < -0.4 is 10.6 Å². The molecule has 0 bridgehead atoms. The Hall–Kier alpha value is -1.35. The average Bonchev–Trinajstić information content (AvgIpc) is 3.11.